The van der Waals surface area contributed by atoms with Gasteiger partial charge in [-0.25, -0.2) is 4.98 Å². The summed E-state index contributed by atoms with van der Waals surface area (Å²) in [5, 5.41) is 2.93. The minimum Gasteiger partial charge on any atom is -0.375 e. The number of ether oxygens (including phenoxy) is 1. The summed E-state index contributed by atoms with van der Waals surface area (Å²) in [6.07, 6.45) is 6.04. The molecule has 1 saturated carbocycles. The van der Waals surface area contributed by atoms with Gasteiger partial charge in [-0.2, -0.15) is 0 Å². The number of piperidine rings is 1. The number of fused-ring (bicyclic) bond motifs is 3. The molecule has 1 aliphatic heterocycles. The lowest BCUT2D eigenvalue weighted by Crippen LogP contribution is -2.37. The Labute approximate surface area is 187 Å². The molecule has 7 nitrogen and oxygen atoms in total. The first-order valence-electron chi connectivity index (χ1n) is 11.2. The van der Waals surface area contributed by atoms with Crippen molar-refractivity contribution in [2.45, 2.75) is 38.3 Å². The third kappa shape index (κ3) is 4.00. The van der Waals surface area contributed by atoms with E-state index in [0.29, 0.717) is 28.7 Å². The van der Waals surface area contributed by atoms with Crippen molar-refractivity contribution < 1.29 is 14.3 Å². The van der Waals surface area contributed by atoms with Gasteiger partial charge in [0.1, 0.15) is 6.61 Å². The summed E-state index contributed by atoms with van der Waals surface area (Å²) in [5.41, 5.74) is 3.94. The Bertz CT molecular complexity index is 1140. The zero-order chi connectivity index (χ0) is 22.1. The van der Waals surface area contributed by atoms with Gasteiger partial charge in [-0.15, -0.1) is 0 Å². The molecular weight excluding hydrogens is 404 g/mol. The molecule has 166 valence electrons. The van der Waals surface area contributed by atoms with E-state index in [2.05, 4.69) is 22.4 Å². The number of amides is 2. The summed E-state index contributed by atoms with van der Waals surface area (Å²) >= 11 is 0. The predicted molar refractivity (Wildman–Crippen MR) is 123 cm³/mol. The highest BCUT2D eigenvalue weighted by Crippen LogP contribution is 2.38. The van der Waals surface area contributed by atoms with Crippen LogP contribution in [0.3, 0.4) is 0 Å². The molecule has 2 atom stereocenters. The Morgan fingerprint density at radius 2 is 2.03 bits per heavy atom. The fraction of sp³-hybridized carbons (Fsp3) is 0.400. The van der Waals surface area contributed by atoms with Crippen LogP contribution in [0, 0.1) is 5.92 Å². The fourth-order valence-electron chi connectivity index (χ4n) is 5.15. The summed E-state index contributed by atoms with van der Waals surface area (Å²) in [4.78, 5) is 32.2. The minimum atomic E-state index is -0.255. The molecule has 2 fully saturated rings. The van der Waals surface area contributed by atoms with Crippen molar-refractivity contribution in [1.29, 1.82) is 0 Å². The zero-order valence-corrected chi connectivity index (χ0v) is 18.3. The van der Waals surface area contributed by atoms with E-state index < -0.39 is 0 Å². The number of aromatic nitrogens is 2. The van der Waals surface area contributed by atoms with Crippen molar-refractivity contribution in [2.75, 3.05) is 25.6 Å². The number of carbonyl (C=O) groups is 2. The lowest BCUT2D eigenvalue weighted by molar-refractivity contribution is -0.119. The zero-order valence-electron chi connectivity index (χ0n) is 18.3. The van der Waals surface area contributed by atoms with Crippen LogP contribution < -0.4 is 5.32 Å². The number of nitrogens with one attached hydrogen (secondary N) is 1. The Hall–Kier alpha value is -3.19. The smallest absolute Gasteiger partial charge is 0.254 e. The number of methoxy groups -OCH3 is 1. The number of anilines is 1. The third-order valence-electron chi connectivity index (χ3n) is 6.66. The van der Waals surface area contributed by atoms with E-state index >= 15 is 0 Å². The number of carbonyl (C=O) groups excluding carboxylic acids is 2. The van der Waals surface area contributed by atoms with Crippen LogP contribution in [0.25, 0.3) is 11.0 Å². The molecule has 1 N–H and O–H groups in total. The van der Waals surface area contributed by atoms with E-state index in [9.17, 15) is 9.59 Å². The maximum atomic E-state index is 13.3. The highest BCUT2D eigenvalue weighted by Gasteiger charge is 2.40. The van der Waals surface area contributed by atoms with Gasteiger partial charge in [0.15, 0.2) is 0 Å². The lowest BCUT2D eigenvalue weighted by Gasteiger charge is -2.27. The molecule has 32 heavy (non-hydrogen) atoms. The maximum Gasteiger partial charge on any atom is 0.254 e. The molecule has 5 rings (SSSR count). The first kappa shape index (κ1) is 20.7. The highest BCUT2D eigenvalue weighted by molar-refractivity contribution is 6.05. The number of nitrogens with zero attached hydrogens (tertiary/aromatic N) is 3. The molecule has 0 radical (unpaired) electrons. The van der Waals surface area contributed by atoms with Gasteiger partial charge in [0.05, 0.1) is 23.0 Å². The Morgan fingerprint density at radius 1 is 1.19 bits per heavy atom. The van der Waals surface area contributed by atoms with Gasteiger partial charge in [0, 0.05) is 31.8 Å². The van der Waals surface area contributed by atoms with Crippen LogP contribution in [0.4, 0.5) is 5.69 Å². The second-order valence-corrected chi connectivity index (χ2v) is 8.84. The summed E-state index contributed by atoms with van der Waals surface area (Å²) in [6.45, 7) is 1.50. The van der Waals surface area contributed by atoms with Crippen molar-refractivity contribution in [3.8, 4) is 0 Å². The molecule has 0 spiro atoms. The van der Waals surface area contributed by atoms with Crippen molar-refractivity contribution in [3.63, 3.8) is 0 Å². The monoisotopic (exact) mass is 432 g/mol. The van der Waals surface area contributed by atoms with Crippen molar-refractivity contribution >= 4 is 28.5 Å². The van der Waals surface area contributed by atoms with E-state index in [1.54, 1.807) is 12.4 Å². The maximum absolute atomic E-state index is 13.3. The normalized spacial score (nSPS) is 19.6. The quantitative estimate of drug-likeness (QED) is 0.620. The fourth-order valence-corrected chi connectivity index (χ4v) is 5.15. The summed E-state index contributed by atoms with van der Waals surface area (Å²) in [5.74, 6) is 0.403. The Kier molecular flexibility index (Phi) is 5.66. The molecule has 7 heteroatoms. The van der Waals surface area contributed by atoms with E-state index in [4.69, 9.17) is 4.74 Å². The van der Waals surface area contributed by atoms with Gasteiger partial charge >= 0.3 is 0 Å². The Morgan fingerprint density at radius 3 is 2.75 bits per heavy atom. The molecular formula is C25H28N4O3. The molecule has 1 aromatic heterocycles. The number of benzene rings is 2. The molecule has 1 saturated heterocycles. The van der Waals surface area contributed by atoms with Crippen LogP contribution in [0.5, 0.6) is 0 Å². The highest BCUT2D eigenvalue weighted by atomic mass is 16.5. The first-order chi connectivity index (χ1) is 15.6. The van der Waals surface area contributed by atoms with Crippen molar-refractivity contribution in [2.24, 2.45) is 5.92 Å². The Balaban J connectivity index is 1.47. The van der Waals surface area contributed by atoms with Gasteiger partial charge in [0.2, 0.25) is 5.91 Å². The summed E-state index contributed by atoms with van der Waals surface area (Å²) in [7, 11) is 1.49. The van der Waals surface area contributed by atoms with Crippen LogP contribution >= 0.6 is 0 Å². The average Bonchev–Trinajstić information content (AvgIpc) is 3.54. The van der Waals surface area contributed by atoms with E-state index in [1.807, 2.05) is 33.7 Å². The molecule has 2 bridgehead atoms. The van der Waals surface area contributed by atoms with Crippen LogP contribution in [0.1, 0.15) is 35.2 Å². The standard InChI is InChI=1S/C25H28N4O3/c1-32-15-23(30)27-22-13-19(25(31)29-14-18-7-8-20(29)11-18)12-21-24(22)28(16-26-21)10-9-17-5-3-2-4-6-17/h2-6,12-13,16,18,20H,7-11,14-15H2,1H3,(H,27,30)/t18-,20+/m1/s1. The molecule has 3 aromatic rings. The molecule has 2 aliphatic rings. The molecule has 2 amide bonds. The topological polar surface area (TPSA) is 76.5 Å². The van der Waals surface area contributed by atoms with E-state index in [-0.39, 0.29) is 18.4 Å². The SMILES string of the molecule is COCC(=O)Nc1cc(C(=O)N2C[C@@H]3CC[C@H]2C3)cc2ncn(CCc3ccccc3)c12. The number of imidazole rings is 1. The molecule has 1 aliphatic carbocycles. The van der Waals surface area contributed by atoms with Crippen molar-refractivity contribution in [1.82, 2.24) is 14.5 Å². The van der Waals surface area contributed by atoms with Crippen LogP contribution in [-0.4, -0.2) is 52.6 Å². The van der Waals surface area contributed by atoms with E-state index in [1.165, 1.54) is 19.1 Å². The van der Waals surface area contributed by atoms with Crippen molar-refractivity contribution in [3.05, 3.63) is 59.9 Å². The van der Waals surface area contributed by atoms with Gasteiger partial charge in [-0.3, -0.25) is 9.59 Å². The van der Waals surface area contributed by atoms with Crippen LogP contribution in [0.2, 0.25) is 0 Å². The number of aryl methyl sites for hydroxylation is 2. The summed E-state index contributed by atoms with van der Waals surface area (Å²) in [6, 6.07) is 14.3. The number of hydrogen-bond acceptors (Lipinski definition) is 4. The van der Waals surface area contributed by atoms with Crippen LogP contribution in [0.15, 0.2) is 48.8 Å². The van der Waals surface area contributed by atoms with Gasteiger partial charge in [0.25, 0.3) is 5.91 Å². The second kappa shape index (κ2) is 8.74. The number of rotatable bonds is 7. The predicted octanol–water partition coefficient (Wildman–Crippen LogP) is 3.49. The van der Waals surface area contributed by atoms with Gasteiger partial charge < -0.3 is 19.5 Å². The number of hydrogen-bond donors (Lipinski definition) is 1. The number of likely N-dealkylation sites (tertiary alicyclic amines) is 1. The first-order valence-corrected chi connectivity index (χ1v) is 11.2. The third-order valence-corrected chi connectivity index (χ3v) is 6.66. The van der Waals surface area contributed by atoms with E-state index in [0.717, 1.165) is 37.9 Å². The minimum absolute atomic E-state index is 0.0279. The molecule has 0 unspecified atom stereocenters. The summed E-state index contributed by atoms with van der Waals surface area (Å²) < 4.78 is 7.03. The largest absolute Gasteiger partial charge is 0.375 e. The molecule has 2 heterocycles. The van der Waals surface area contributed by atoms with Gasteiger partial charge in [-0.05, 0) is 49.3 Å². The second-order valence-electron chi connectivity index (χ2n) is 8.84. The molecule has 2 aromatic carbocycles. The lowest BCUT2D eigenvalue weighted by atomic mass is 10.1. The van der Waals surface area contributed by atoms with Gasteiger partial charge in [-0.1, -0.05) is 30.3 Å². The average molecular weight is 433 g/mol. The van der Waals surface area contributed by atoms with Crippen LogP contribution in [-0.2, 0) is 22.5 Å².